The highest BCUT2D eigenvalue weighted by Crippen LogP contribution is 2.11. The standard InChI is InChI=1S/C23H49NO/c1-3-4-5-6-7-8-9-12-15-18-21-24-22-19-16-13-10-11-14-17-20-23(2)25/h23-25H,3-22H2,1-2H3. The molecule has 0 aromatic carbocycles. The zero-order valence-electron chi connectivity index (χ0n) is 17.7. The van der Waals surface area contributed by atoms with Crippen molar-refractivity contribution in [3.8, 4) is 0 Å². The molecule has 0 aliphatic rings. The molecule has 25 heavy (non-hydrogen) atoms. The number of hydrogen-bond acceptors (Lipinski definition) is 2. The first-order valence-electron chi connectivity index (χ1n) is 11.7. The minimum Gasteiger partial charge on any atom is -0.393 e. The van der Waals surface area contributed by atoms with Gasteiger partial charge in [0.25, 0.3) is 0 Å². The van der Waals surface area contributed by atoms with Gasteiger partial charge in [0, 0.05) is 0 Å². The molecule has 0 bridgehead atoms. The van der Waals surface area contributed by atoms with Gasteiger partial charge in [-0.05, 0) is 39.3 Å². The van der Waals surface area contributed by atoms with Gasteiger partial charge in [-0.2, -0.15) is 0 Å². The second kappa shape index (κ2) is 22.0. The van der Waals surface area contributed by atoms with Crippen LogP contribution in [0.2, 0.25) is 0 Å². The van der Waals surface area contributed by atoms with Crippen molar-refractivity contribution in [1.29, 1.82) is 0 Å². The first-order chi connectivity index (χ1) is 12.3. The van der Waals surface area contributed by atoms with Crippen LogP contribution in [0, 0.1) is 0 Å². The van der Waals surface area contributed by atoms with E-state index in [1.54, 1.807) is 0 Å². The first-order valence-corrected chi connectivity index (χ1v) is 11.7. The van der Waals surface area contributed by atoms with E-state index >= 15 is 0 Å². The average Bonchev–Trinajstić information content (AvgIpc) is 2.60. The van der Waals surface area contributed by atoms with Crippen LogP contribution in [0.15, 0.2) is 0 Å². The topological polar surface area (TPSA) is 32.3 Å². The van der Waals surface area contributed by atoms with Gasteiger partial charge < -0.3 is 10.4 Å². The molecule has 152 valence electrons. The van der Waals surface area contributed by atoms with Crippen molar-refractivity contribution >= 4 is 0 Å². The second-order valence-corrected chi connectivity index (χ2v) is 8.04. The summed E-state index contributed by atoms with van der Waals surface area (Å²) in [5.74, 6) is 0. The fourth-order valence-electron chi connectivity index (χ4n) is 3.44. The lowest BCUT2D eigenvalue weighted by Crippen LogP contribution is -2.16. The maximum atomic E-state index is 9.20. The molecule has 0 aromatic heterocycles. The largest absolute Gasteiger partial charge is 0.393 e. The monoisotopic (exact) mass is 355 g/mol. The Kier molecular flexibility index (Phi) is 21.9. The highest BCUT2D eigenvalue weighted by Gasteiger charge is 1.96. The lowest BCUT2D eigenvalue weighted by atomic mass is 10.1. The van der Waals surface area contributed by atoms with E-state index in [9.17, 15) is 5.11 Å². The van der Waals surface area contributed by atoms with Crippen LogP contribution >= 0.6 is 0 Å². The van der Waals surface area contributed by atoms with Gasteiger partial charge in [-0.1, -0.05) is 103 Å². The third kappa shape index (κ3) is 23.9. The zero-order valence-corrected chi connectivity index (χ0v) is 17.7. The predicted molar refractivity (Wildman–Crippen MR) is 113 cm³/mol. The van der Waals surface area contributed by atoms with Crippen molar-refractivity contribution in [3.63, 3.8) is 0 Å². The van der Waals surface area contributed by atoms with Crippen LogP contribution in [0.4, 0.5) is 0 Å². The molecule has 1 atom stereocenters. The molecule has 0 aliphatic heterocycles. The first kappa shape index (κ1) is 24.9. The molecule has 0 aromatic rings. The van der Waals surface area contributed by atoms with Crippen molar-refractivity contribution in [2.24, 2.45) is 0 Å². The summed E-state index contributed by atoms with van der Waals surface area (Å²) in [6, 6.07) is 0. The molecule has 0 aliphatic carbocycles. The Bertz CT molecular complexity index is 230. The number of hydrogen-bond donors (Lipinski definition) is 2. The molecule has 2 N–H and O–H groups in total. The van der Waals surface area contributed by atoms with E-state index in [-0.39, 0.29) is 6.10 Å². The number of aliphatic hydroxyl groups excluding tert-OH is 1. The molecule has 0 saturated carbocycles. The quantitative estimate of drug-likeness (QED) is 0.217. The number of rotatable bonds is 21. The Hall–Kier alpha value is -0.0800. The Labute approximate surface area is 159 Å². The summed E-state index contributed by atoms with van der Waals surface area (Å²) >= 11 is 0. The van der Waals surface area contributed by atoms with Crippen molar-refractivity contribution < 1.29 is 5.11 Å². The van der Waals surface area contributed by atoms with Gasteiger partial charge in [0.05, 0.1) is 6.10 Å². The maximum absolute atomic E-state index is 9.20. The Balaban J connectivity index is 2.96. The molecule has 0 saturated heterocycles. The summed E-state index contributed by atoms with van der Waals surface area (Å²) in [5, 5.41) is 12.8. The van der Waals surface area contributed by atoms with Gasteiger partial charge in [-0.3, -0.25) is 0 Å². The summed E-state index contributed by atoms with van der Waals surface area (Å²) in [6.45, 7) is 6.61. The van der Waals surface area contributed by atoms with Gasteiger partial charge in [0.2, 0.25) is 0 Å². The van der Waals surface area contributed by atoms with Crippen LogP contribution in [-0.2, 0) is 0 Å². The third-order valence-electron chi connectivity index (χ3n) is 5.18. The van der Waals surface area contributed by atoms with Crippen molar-refractivity contribution in [2.45, 2.75) is 136 Å². The Morgan fingerprint density at radius 3 is 1.32 bits per heavy atom. The van der Waals surface area contributed by atoms with E-state index in [4.69, 9.17) is 0 Å². The number of nitrogens with one attached hydrogen (secondary N) is 1. The van der Waals surface area contributed by atoms with Crippen LogP contribution < -0.4 is 5.32 Å². The molecule has 0 spiro atoms. The zero-order chi connectivity index (χ0) is 18.4. The van der Waals surface area contributed by atoms with Gasteiger partial charge >= 0.3 is 0 Å². The van der Waals surface area contributed by atoms with Crippen LogP contribution in [0.5, 0.6) is 0 Å². The summed E-state index contributed by atoms with van der Waals surface area (Å²) in [7, 11) is 0. The van der Waals surface area contributed by atoms with Crippen molar-refractivity contribution in [3.05, 3.63) is 0 Å². The third-order valence-corrected chi connectivity index (χ3v) is 5.18. The van der Waals surface area contributed by atoms with Gasteiger partial charge in [0.1, 0.15) is 0 Å². The Morgan fingerprint density at radius 1 is 0.560 bits per heavy atom. The molecule has 0 amide bonds. The summed E-state index contributed by atoms with van der Waals surface area (Å²) in [4.78, 5) is 0. The van der Waals surface area contributed by atoms with Gasteiger partial charge in [-0.15, -0.1) is 0 Å². The minimum absolute atomic E-state index is 0.110. The summed E-state index contributed by atoms with van der Waals surface area (Å²) in [5.41, 5.74) is 0. The highest BCUT2D eigenvalue weighted by molar-refractivity contribution is 4.53. The lowest BCUT2D eigenvalue weighted by molar-refractivity contribution is 0.180. The molecule has 1 unspecified atom stereocenters. The summed E-state index contributed by atoms with van der Waals surface area (Å²) < 4.78 is 0. The molecule has 0 fully saturated rings. The SMILES string of the molecule is CCCCCCCCCCCCNCCCCCCCCCC(C)O. The molecule has 0 rings (SSSR count). The number of unbranched alkanes of at least 4 members (excludes halogenated alkanes) is 15. The average molecular weight is 356 g/mol. The Morgan fingerprint density at radius 2 is 0.920 bits per heavy atom. The van der Waals surface area contributed by atoms with Crippen LogP contribution in [0.3, 0.4) is 0 Å². The molecule has 0 heterocycles. The van der Waals surface area contributed by atoms with E-state index in [1.807, 2.05) is 6.92 Å². The minimum atomic E-state index is -0.110. The normalized spacial score (nSPS) is 12.6. The fraction of sp³-hybridized carbons (Fsp3) is 1.00. The van der Waals surface area contributed by atoms with E-state index in [0.29, 0.717) is 0 Å². The van der Waals surface area contributed by atoms with Crippen LogP contribution in [0.1, 0.15) is 129 Å². The highest BCUT2D eigenvalue weighted by atomic mass is 16.3. The van der Waals surface area contributed by atoms with E-state index in [0.717, 1.165) is 6.42 Å². The fourth-order valence-corrected chi connectivity index (χ4v) is 3.44. The van der Waals surface area contributed by atoms with Crippen molar-refractivity contribution in [2.75, 3.05) is 13.1 Å². The molecule has 2 nitrogen and oxygen atoms in total. The van der Waals surface area contributed by atoms with E-state index < -0.39 is 0 Å². The molecular weight excluding hydrogens is 306 g/mol. The van der Waals surface area contributed by atoms with Crippen LogP contribution in [-0.4, -0.2) is 24.3 Å². The maximum Gasteiger partial charge on any atom is 0.0512 e. The predicted octanol–water partition coefficient (Wildman–Crippen LogP) is 7.00. The van der Waals surface area contributed by atoms with Crippen LogP contribution in [0.25, 0.3) is 0 Å². The second-order valence-electron chi connectivity index (χ2n) is 8.04. The van der Waals surface area contributed by atoms with Gasteiger partial charge in [0.15, 0.2) is 0 Å². The van der Waals surface area contributed by atoms with E-state index in [1.165, 1.54) is 122 Å². The molecular formula is C23H49NO. The van der Waals surface area contributed by atoms with Gasteiger partial charge in [-0.25, -0.2) is 0 Å². The smallest absolute Gasteiger partial charge is 0.0512 e. The molecule has 0 radical (unpaired) electrons. The summed E-state index contributed by atoms with van der Waals surface area (Å²) in [6.07, 6.45) is 24.4. The lowest BCUT2D eigenvalue weighted by Gasteiger charge is -2.06. The molecule has 2 heteroatoms. The van der Waals surface area contributed by atoms with Crippen molar-refractivity contribution in [1.82, 2.24) is 5.32 Å². The van der Waals surface area contributed by atoms with E-state index in [2.05, 4.69) is 12.2 Å². The number of aliphatic hydroxyl groups is 1.